The number of para-hydroxylation sites is 2. The maximum atomic E-state index is 5.99. The zero-order valence-electron chi connectivity index (χ0n) is 12.2. The lowest BCUT2D eigenvalue weighted by atomic mass is 10.1. The highest BCUT2D eigenvalue weighted by Crippen LogP contribution is 2.22. The quantitative estimate of drug-likeness (QED) is 0.725. The van der Waals surface area contributed by atoms with E-state index < -0.39 is 0 Å². The number of anilines is 1. The number of hydrogen-bond acceptors (Lipinski definition) is 4. The van der Waals surface area contributed by atoms with Gasteiger partial charge in [0.25, 0.3) is 0 Å². The van der Waals surface area contributed by atoms with Crippen LogP contribution in [0.3, 0.4) is 0 Å². The Morgan fingerprint density at radius 3 is 2.68 bits per heavy atom. The Kier molecular flexibility index (Phi) is 4.39. The summed E-state index contributed by atoms with van der Waals surface area (Å²) in [6.45, 7) is 0.734. The highest BCUT2D eigenvalue weighted by molar-refractivity contribution is 6.28. The van der Waals surface area contributed by atoms with E-state index in [-0.39, 0.29) is 5.28 Å². The Bertz CT molecular complexity index is 792. The maximum Gasteiger partial charge on any atom is 0.224 e. The number of rotatable bonds is 5. The van der Waals surface area contributed by atoms with Crippen molar-refractivity contribution in [2.75, 3.05) is 19.0 Å². The summed E-state index contributed by atoms with van der Waals surface area (Å²) >= 11 is 5.99. The van der Waals surface area contributed by atoms with Gasteiger partial charge in [-0.25, -0.2) is 9.97 Å². The van der Waals surface area contributed by atoms with Crippen molar-refractivity contribution in [2.45, 2.75) is 6.42 Å². The van der Waals surface area contributed by atoms with Crippen molar-refractivity contribution in [1.29, 1.82) is 0 Å². The first-order valence-electron chi connectivity index (χ1n) is 7.06. The van der Waals surface area contributed by atoms with Crippen molar-refractivity contribution in [2.24, 2.45) is 0 Å². The minimum absolute atomic E-state index is 0.249. The van der Waals surface area contributed by atoms with Crippen LogP contribution in [0.15, 0.2) is 48.5 Å². The van der Waals surface area contributed by atoms with Crippen molar-refractivity contribution in [1.82, 2.24) is 9.97 Å². The van der Waals surface area contributed by atoms with Gasteiger partial charge >= 0.3 is 0 Å². The molecule has 1 heterocycles. The lowest BCUT2D eigenvalue weighted by Gasteiger charge is -2.11. The highest BCUT2D eigenvalue weighted by atomic mass is 35.5. The number of nitrogens with one attached hydrogen (secondary N) is 1. The van der Waals surface area contributed by atoms with Gasteiger partial charge in [0.2, 0.25) is 5.28 Å². The second kappa shape index (κ2) is 6.62. The van der Waals surface area contributed by atoms with E-state index in [2.05, 4.69) is 21.4 Å². The van der Waals surface area contributed by atoms with Crippen LogP contribution in [0.2, 0.25) is 5.28 Å². The third kappa shape index (κ3) is 3.12. The van der Waals surface area contributed by atoms with Crippen LogP contribution in [0.4, 0.5) is 5.82 Å². The molecule has 3 aromatic rings. The molecule has 3 rings (SSSR count). The molecule has 0 spiro atoms. The van der Waals surface area contributed by atoms with Gasteiger partial charge in [-0.2, -0.15) is 0 Å². The molecular weight excluding hydrogens is 298 g/mol. The van der Waals surface area contributed by atoms with E-state index in [1.807, 2.05) is 42.5 Å². The molecule has 4 nitrogen and oxygen atoms in total. The summed E-state index contributed by atoms with van der Waals surface area (Å²) in [5.74, 6) is 1.65. The summed E-state index contributed by atoms with van der Waals surface area (Å²) in [4.78, 5) is 8.51. The van der Waals surface area contributed by atoms with E-state index >= 15 is 0 Å². The second-order valence-corrected chi connectivity index (χ2v) is 5.19. The average molecular weight is 314 g/mol. The van der Waals surface area contributed by atoms with Crippen molar-refractivity contribution in [3.8, 4) is 5.75 Å². The van der Waals surface area contributed by atoms with Crippen LogP contribution >= 0.6 is 11.6 Å². The molecule has 22 heavy (non-hydrogen) atoms. The third-order valence-corrected chi connectivity index (χ3v) is 3.62. The van der Waals surface area contributed by atoms with Crippen LogP contribution < -0.4 is 10.1 Å². The summed E-state index contributed by atoms with van der Waals surface area (Å²) < 4.78 is 5.36. The number of methoxy groups -OCH3 is 1. The monoisotopic (exact) mass is 313 g/mol. The van der Waals surface area contributed by atoms with Crippen LogP contribution in [-0.4, -0.2) is 23.6 Å². The second-order valence-electron chi connectivity index (χ2n) is 4.85. The molecule has 1 aromatic heterocycles. The van der Waals surface area contributed by atoms with E-state index in [0.29, 0.717) is 0 Å². The van der Waals surface area contributed by atoms with Crippen LogP contribution in [0.1, 0.15) is 5.56 Å². The predicted octanol–water partition coefficient (Wildman–Crippen LogP) is 3.95. The Labute approximate surface area is 134 Å². The largest absolute Gasteiger partial charge is 0.496 e. The predicted molar refractivity (Wildman–Crippen MR) is 89.7 cm³/mol. The molecular formula is C17H16ClN3O. The zero-order chi connectivity index (χ0) is 15.4. The molecule has 112 valence electrons. The maximum absolute atomic E-state index is 5.99. The Morgan fingerprint density at radius 1 is 1.05 bits per heavy atom. The van der Waals surface area contributed by atoms with Gasteiger partial charge in [0, 0.05) is 11.9 Å². The molecule has 0 amide bonds. The molecule has 2 aromatic carbocycles. The van der Waals surface area contributed by atoms with Crippen molar-refractivity contribution in [3.63, 3.8) is 0 Å². The van der Waals surface area contributed by atoms with Crippen LogP contribution in [0.25, 0.3) is 10.9 Å². The lowest BCUT2D eigenvalue weighted by Crippen LogP contribution is -2.08. The zero-order valence-corrected chi connectivity index (χ0v) is 13.0. The molecule has 0 aliphatic carbocycles. The van der Waals surface area contributed by atoms with Gasteiger partial charge in [-0.05, 0) is 41.8 Å². The average Bonchev–Trinajstić information content (AvgIpc) is 2.55. The van der Waals surface area contributed by atoms with Crippen LogP contribution in [0, 0.1) is 0 Å². The smallest absolute Gasteiger partial charge is 0.224 e. The molecule has 0 aliphatic rings. The van der Waals surface area contributed by atoms with Gasteiger partial charge in [-0.15, -0.1) is 0 Å². The van der Waals surface area contributed by atoms with Crippen molar-refractivity contribution >= 4 is 28.3 Å². The Morgan fingerprint density at radius 2 is 1.82 bits per heavy atom. The molecule has 0 fully saturated rings. The normalized spacial score (nSPS) is 10.6. The molecule has 0 aliphatic heterocycles. The van der Waals surface area contributed by atoms with Gasteiger partial charge in [-0.1, -0.05) is 30.3 Å². The Balaban J connectivity index is 1.77. The topological polar surface area (TPSA) is 47.0 Å². The van der Waals surface area contributed by atoms with E-state index in [0.717, 1.165) is 41.0 Å². The summed E-state index contributed by atoms with van der Waals surface area (Å²) in [6, 6.07) is 15.8. The van der Waals surface area contributed by atoms with Crippen molar-refractivity contribution in [3.05, 3.63) is 59.4 Å². The van der Waals surface area contributed by atoms with Crippen LogP contribution in [0.5, 0.6) is 5.75 Å². The lowest BCUT2D eigenvalue weighted by molar-refractivity contribution is 0.410. The standard InChI is InChI=1S/C17H16ClN3O/c1-22-15-9-5-2-6-12(15)10-11-19-16-13-7-3-4-8-14(13)20-17(18)21-16/h2-9H,10-11H2,1H3,(H,19,20,21). The fourth-order valence-electron chi connectivity index (χ4n) is 2.41. The van der Waals surface area contributed by atoms with Gasteiger partial charge in [-0.3, -0.25) is 0 Å². The SMILES string of the molecule is COc1ccccc1CCNc1nc(Cl)nc2ccccc12. The number of benzene rings is 2. The number of hydrogen-bond donors (Lipinski definition) is 1. The summed E-state index contributed by atoms with van der Waals surface area (Å²) in [5.41, 5.74) is 1.99. The number of halogens is 1. The summed E-state index contributed by atoms with van der Waals surface area (Å²) in [7, 11) is 1.68. The third-order valence-electron chi connectivity index (χ3n) is 3.46. The fraction of sp³-hybridized carbons (Fsp3) is 0.176. The summed E-state index contributed by atoms with van der Waals surface area (Å²) in [6.07, 6.45) is 0.833. The number of fused-ring (bicyclic) bond motifs is 1. The highest BCUT2D eigenvalue weighted by Gasteiger charge is 2.06. The van der Waals surface area contributed by atoms with Crippen molar-refractivity contribution < 1.29 is 4.74 Å². The molecule has 0 bridgehead atoms. The number of aromatic nitrogens is 2. The fourth-order valence-corrected chi connectivity index (χ4v) is 2.58. The minimum Gasteiger partial charge on any atom is -0.496 e. The number of nitrogens with zero attached hydrogens (tertiary/aromatic N) is 2. The van der Waals surface area contributed by atoms with Gasteiger partial charge in [0.1, 0.15) is 11.6 Å². The number of ether oxygens (including phenoxy) is 1. The van der Waals surface area contributed by atoms with Crippen LogP contribution in [-0.2, 0) is 6.42 Å². The van der Waals surface area contributed by atoms with E-state index in [1.54, 1.807) is 7.11 Å². The molecule has 0 saturated heterocycles. The molecule has 0 unspecified atom stereocenters. The van der Waals surface area contributed by atoms with Gasteiger partial charge in [0.15, 0.2) is 0 Å². The molecule has 5 heteroatoms. The Hall–Kier alpha value is -2.33. The molecule has 0 radical (unpaired) electrons. The van der Waals surface area contributed by atoms with E-state index in [9.17, 15) is 0 Å². The molecule has 0 saturated carbocycles. The minimum atomic E-state index is 0.249. The first kappa shape index (κ1) is 14.6. The summed E-state index contributed by atoms with van der Waals surface area (Å²) in [5, 5.41) is 4.55. The molecule has 1 N–H and O–H groups in total. The van der Waals surface area contributed by atoms with Gasteiger partial charge in [0.05, 0.1) is 12.6 Å². The van der Waals surface area contributed by atoms with E-state index in [4.69, 9.17) is 16.3 Å². The first-order valence-corrected chi connectivity index (χ1v) is 7.44. The van der Waals surface area contributed by atoms with E-state index in [1.165, 1.54) is 0 Å². The van der Waals surface area contributed by atoms with Gasteiger partial charge < -0.3 is 10.1 Å². The molecule has 0 atom stereocenters. The first-order chi connectivity index (χ1) is 10.8.